The van der Waals surface area contributed by atoms with Crippen LogP contribution in [0.1, 0.15) is 0 Å². The van der Waals surface area contributed by atoms with Crippen LogP contribution >= 0.6 is 45.8 Å². The number of aromatic amines is 1. The zero-order valence-electron chi connectivity index (χ0n) is 6.63. The average molecular weight is 341 g/mol. The van der Waals surface area contributed by atoms with Gasteiger partial charge in [0.15, 0.2) is 0 Å². The molecule has 0 fully saturated rings. The van der Waals surface area contributed by atoms with Crippen molar-refractivity contribution in [1.82, 2.24) is 20.6 Å². The second-order valence-corrected chi connectivity index (χ2v) is 4.38. The molecule has 0 spiro atoms. The predicted molar refractivity (Wildman–Crippen MR) is 62.4 cm³/mol. The molecule has 0 aliphatic carbocycles. The molecule has 2 rings (SSSR count). The maximum Gasteiger partial charge on any atom is 0.204 e. The summed E-state index contributed by atoms with van der Waals surface area (Å²) in [5.74, 6) is 0.477. The zero-order chi connectivity index (χ0) is 10.1. The molecule has 0 amide bonds. The van der Waals surface area contributed by atoms with Crippen LogP contribution in [0.4, 0.5) is 0 Å². The Morgan fingerprint density at radius 1 is 1.21 bits per heavy atom. The third-order valence-electron chi connectivity index (χ3n) is 1.59. The fourth-order valence-electron chi connectivity index (χ4n) is 0.969. The van der Waals surface area contributed by atoms with Gasteiger partial charge in [0, 0.05) is 5.56 Å². The van der Waals surface area contributed by atoms with Crippen LogP contribution in [0.2, 0.25) is 10.0 Å². The molecule has 0 aliphatic rings. The molecule has 1 aromatic carbocycles. The van der Waals surface area contributed by atoms with Crippen molar-refractivity contribution in [3.63, 3.8) is 0 Å². The Bertz CT molecular complexity index is 434. The van der Waals surface area contributed by atoms with Gasteiger partial charge < -0.3 is 0 Å². The molecule has 4 nitrogen and oxygen atoms in total. The van der Waals surface area contributed by atoms with Gasteiger partial charge in [0.05, 0.1) is 13.6 Å². The van der Waals surface area contributed by atoms with Gasteiger partial charge in [0.25, 0.3) is 0 Å². The number of hydrogen-bond acceptors (Lipinski definition) is 3. The van der Waals surface area contributed by atoms with Gasteiger partial charge in [-0.1, -0.05) is 23.2 Å². The second kappa shape index (κ2) is 4.00. The monoisotopic (exact) mass is 340 g/mol. The molecule has 0 unspecified atom stereocenters. The number of H-pyrrole nitrogens is 1. The standard InChI is InChI=1S/C7H3Cl2IN4/c8-4-1-3(2-5(9)6(4)10)7-11-13-14-12-7/h1-2H,(H,11,12,13,14). The molecule has 0 aliphatic heterocycles. The number of rotatable bonds is 1. The van der Waals surface area contributed by atoms with E-state index in [0.29, 0.717) is 15.9 Å². The maximum absolute atomic E-state index is 5.96. The molecule has 7 heteroatoms. The van der Waals surface area contributed by atoms with E-state index in [1.54, 1.807) is 12.1 Å². The summed E-state index contributed by atoms with van der Waals surface area (Å²) in [6.45, 7) is 0. The third kappa shape index (κ3) is 1.84. The van der Waals surface area contributed by atoms with Gasteiger partial charge in [0.1, 0.15) is 0 Å². The molecule has 0 radical (unpaired) electrons. The summed E-state index contributed by atoms with van der Waals surface area (Å²) in [7, 11) is 0. The molecule has 1 N–H and O–H groups in total. The molecule has 0 saturated heterocycles. The minimum atomic E-state index is 0.477. The Morgan fingerprint density at radius 2 is 1.86 bits per heavy atom. The van der Waals surface area contributed by atoms with E-state index in [1.165, 1.54) is 0 Å². The summed E-state index contributed by atoms with van der Waals surface area (Å²) in [6.07, 6.45) is 0. The second-order valence-electron chi connectivity index (χ2n) is 2.49. The lowest BCUT2D eigenvalue weighted by Gasteiger charge is -2.01. The van der Waals surface area contributed by atoms with E-state index in [9.17, 15) is 0 Å². The van der Waals surface area contributed by atoms with Crippen LogP contribution in [0.25, 0.3) is 11.4 Å². The lowest BCUT2D eigenvalue weighted by molar-refractivity contribution is 0.881. The van der Waals surface area contributed by atoms with Crippen LogP contribution in [-0.2, 0) is 0 Å². The van der Waals surface area contributed by atoms with E-state index in [2.05, 4.69) is 43.2 Å². The largest absolute Gasteiger partial charge is 0.204 e. The van der Waals surface area contributed by atoms with Crippen molar-refractivity contribution < 1.29 is 0 Å². The van der Waals surface area contributed by atoms with Crippen molar-refractivity contribution in [2.45, 2.75) is 0 Å². The molecule has 2 aromatic rings. The van der Waals surface area contributed by atoms with Crippen molar-refractivity contribution in [2.75, 3.05) is 0 Å². The summed E-state index contributed by atoms with van der Waals surface area (Å²) >= 11 is 14.0. The number of aromatic nitrogens is 4. The molecule has 0 atom stereocenters. The van der Waals surface area contributed by atoms with Gasteiger partial charge in [0.2, 0.25) is 5.82 Å². The van der Waals surface area contributed by atoms with Crippen molar-refractivity contribution in [3.8, 4) is 11.4 Å². The Kier molecular flexibility index (Phi) is 2.89. The molecule has 1 heterocycles. The zero-order valence-corrected chi connectivity index (χ0v) is 10.3. The molecule has 14 heavy (non-hydrogen) atoms. The van der Waals surface area contributed by atoms with Gasteiger partial charge >= 0.3 is 0 Å². The van der Waals surface area contributed by atoms with Gasteiger partial charge in [-0.2, -0.15) is 5.21 Å². The highest BCUT2D eigenvalue weighted by Crippen LogP contribution is 2.30. The summed E-state index contributed by atoms with van der Waals surface area (Å²) < 4.78 is 0.818. The van der Waals surface area contributed by atoms with Crippen LogP contribution in [-0.4, -0.2) is 20.6 Å². The fourth-order valence-corrected chi connectivity index (χ4v) is 1.77. The van der Waals surface area contributed by atoms with Crippen LogP contribution in [0.15, 0.2) is 12.1 Å². The summed E-state index contributed by atoms with van der Waals surface area (Å²) in [4.78, 5) is 0. The van der Waals surface area contributed by atoms with Crippen molar-refractivity contribution in [3.05, 3.63) is 25.7 Å². The molecule has 1 aromatic heterocycles. The number of halogens is 3. The summed E-state index contributed by atoms with van der Waals surface area (Å²) in [6, 6.07) is 3.50. The third-order valence-corrected chi connectivity index (χ3v) is 3.98. The summed E-state index contributed by atoms with van der Waals surface area (Å²) in [5, 5.41) is 14.6. The smallest absolute Gasteiger partial charge is 0.177 e. The lowest BCUT2D eigenvalue weighted by Crippen LogP contribution is -1.84. The normalized spacial score (nSPS) is 10.5. The lowest BCUT2D eigenvalue weighted by atomic mass is 10.2. The Labute approximate surface area is 103 Å². The first-order valence-corrected chi connectivity index (χ1v) is 5.40. The average Bonchev–Trinajstić information content (AvgIpc) is 2.66. The highest BCUT2D eigenvalue weighted by Gasteiger charge is 2.09. The topological polar surface area (TPSA) is 54.5 Å². The first kappa shape index (κ1) is 10.1. The van der Waals surface area contributed by atoms with Crippen molar-refractivity contribution >= 4 is 45.8 Å². The Morgan fingerprint density at radius 3 is 2.36 bits per heavy atom. The van der Waals surface area contributed by atoms with E-state index in [1.807, 2.05) is 0 Å². The van der Waals surface area contributed by atoms with E-state index in [-0.39, 0.29) is 0 Å². The van der Waals surface area contributed by atoms with Gasteiger partial charge in [-0.05, 0) is 39.9 Å². The Balaban J connectivity index is 2.57. The molecule has 72 valence electrons. The maximum atomic E-state index is 5.96. The fraction of sp³-hybridized carbons (Fsp3) is 0. The highest BCUT2D eigenvalue weighted by atomic mass is 127. The number of tetrazole rings is 1. The summed E-state index contributed by atoms with van der Waals surface area (Å²) in [5.41, 5.74) is 0.745. The van der Waals surface area contributed by atoms with E-state index in [0.717, 1.165) is 9.13 Å². The minimum Gasteiger partial charge on any atom is -0.177 e. The number of nitrogens with zero attached hydrogens (tertiary/aromatic N) is 3. The van der Waals surface area contributed by atoms with Crippen molar-refractivity contribution in [1.29, 1.82) is 0 Å². The van der Waals surface area contributed by atoms with Gasteiger partial charge in [-0.3, -0.25) is 0 Å². The molecule has 0 bridgehead atoms. The van der Waals surface area contributed by atoms with Crippen LogP contribution < -0.4 is 0 Å². The first-order valence-electron chi connectivity index (χ1n) is 3.57. The van der Waals surface area contributed by atoms with Crippen LogP contribution in [0.3, 0.4) is 0 Å². The van der Waals surface area contributed by atoms with Gasteiger partial charge in [-0.15, -0.1) is 10.2 Å². The van der Waals surface area contributed by atoms with Crippen LogP contribution in [0, 0.1) is 3.57 Å². The molecular weight excluding hydrogens is 338 g/mol. The molecular formula is C7H3Cl2IN4. The predicted octanol–water partition coefficient (Wildman–Crippen LogP) is 2.78. The SMILES string of the molecule is Clc1cc(-c2nn[nH]n2)cc(Cl)c1I. The Hall–Kier alpha value is -0.400. The molecule has 0 saturated carbocycles. The van der Waals surface area contributed by atoms with Gasteiger partial charge in [-0.25, -0.2) is 0 Å². The number of benzene rings is 1. The van der Waals surface area contributed by atoms with Crippen molar-refractivity contribution in [2.24, 2.45) is 0 Å². The van der Waals surface area contributed by atoms with E-state index < -0.39 is 0 Å². The number of nitrogens with one attached hydrogen (secondary N) is 1. The highest BCUT2D eigenvalue weighted by molar-refractivity contribution is 14.1. The van der Waals surface area contributed by atoms with E-state index >= 15 is 0 Å². The number of hydrogen-bond donors (Lipinski definition) is 1. The minimum absolute atomic E-state index is 0.477. The van der Waals surface area contributed by atoms with E-state index in [4.69, 9.17) is 23.2 Å². The quantitative estimate of drug-likeness (QED) is 0.641. The van der Waals surface area contributed by atoms with Crippen LogP contribution in [0.5, 0.6) is 0 Å². The first-order chi connectivity index (χ1) is 6.68.